The van der Waals surface area contributed by atoms with Gasteiger partial charge in [0.05, 0.1) is 11.4 Å². The smallest absolute Gasteiger partial charge is 0.238 e. The van der Waals surface area contributed by atoms with Crippen molar-refractivity contribution in [3.05, 3.63) is 89.7 Å². The van der Waals surface area contributed by atoms with E-state index in [1.54, 1.807) is 53.2 Å². The lowest BCUT2D eigenvalue weighted by atomic mass is 10.2. The maximum absolute atomic E-state index is 12.4. The third kappa shape index (κ3) is 5.26. The van der Waals surface area contributed by atoms with E-state index in [-0.39, 0.29) is 5.75 Å². The van der Waals surface area contributed by atoms with Crippen LogP contribution in [0.25, 0.3) is 5.82 Å². The number of anilines is 1. The summed E-state index contributed by atoms with van der Waals surface area (Å²) in [6, 6.07) is 21.0. The standard InChI is InChI=1S/C22H21N5O3S/c1-16-14-17(2)27(25-16)21-12-13-22(24-23-21)30-20-10-8-19(9-11-20)26-31(28,29)15-18-6-4-3-5-7-18/h3-14,26H,15H2,1-2H3. The van der Waals surface area contributed by atoms with E-state index in [1.807, 2.05) is 38.1 Å². The SMILES string of the molecule is Cc1cc(C)n(-c2ccc(Oc3ccc(NS(=O)(=O)Cc4ccccc4)cc3)nn2)n1. The van der Waals surface area contributed by atoms with Gasteiger partial charge in [-0.2, -0.15) is 5.10 Å². The van der Waals surface area contributed by atoms with Gasteiger partial charge in [-0.25, -0.2) is 13.1 Å². The van der Waals surface area contributed by atoms with Crippen LogP contribution in [0.15, 0.2) is 72.8 Å². The lowest BCUT2D eigenvalue weighted by Gasteiger charge is -2.09. The molecule has 2 heterocycles. The molecule has 0 bridgehead atoms. The zero-order valence-corrected chi connectivity index (χ0v) is 17.9. The maximum Gasteiger partial charge on any atom is 0.238 e. The Morgan fingerprint density at radius 3 is 2.29 bits per heavy atom. The van der Waals surface area contributed by atoms with Crippen LogP contribution in [0.5, 0.6) is 11.6 Å². The highest BCUT2D eigenvalue weighted by Gasteiger charge is 2.12. The van der Waals surface area contributed by atoms with Crippen molar-refractivity contribution >= 4 is 15.7 Å². The number of hydrogen-bond donors (Lipinski definition) is 1. The molecule has 0 unspecified atom stereocenters. The molecule has 0 aliphatic carbocycles. The molecule has 2 aromatic carbocycles. The second-order valence-corrected chi connectivity index (χ2v) is 8.76. The van der Waals surface area contributed by atoms with Crippen molar-refractivity contribution in [3.63, 3.8) is 0 Å². The molecule has 0 radical (unpaired) electrons. The first kappa shape index (κ1) is 20.5. The summed E-state index contributed by atoms with van der Waals surface area (Å²) in [4.78, 5) is 0. The number of hydrogen-bond acceptors (Lipinski definition) is 6. The van der Waals surface area contributed by atoms with Crippen molar-refractivity contribution in [1.82, 2.24) is 20.0 Å². The minimum atomic E-state index is -3.51. The van der Waals surface area contributed by atoms with Crippen molar-refractivity contribution in [2.24, 2.45) is 0 Å². The molecule has 0 saturated heterocycles. The van der Waals surface area contributed by atoms with Crippen molar-refractivity contribution in [2.45, 2.75) is 19.6 Å². The zero-order chi connectivity index (χ0) is 21.8. The number of ether oxygens (including phenoxy) is 1. The van der Waals surface area contributed by atoms with Crippen molar-refractivity contribution in [2.75, 3.05) is 4.72 Å². The molecular weight excluding hydrogens is 414 g/mol. The van der Waals surface area contributed by atoms with Gasteiger partial charge in [-0.15, -0.1) is 10.2 Å². The molecule has 158 valence electrons. The molecule has 8 nitrogen and oxygen atoms in total. The Morgan fingerprint density at radius 1 is 0.935 bits per heavy atom. The summed E-state index contributed by atoms with van der Waals surface area (Å²) in [6.45, 7) is 3.86. The van der Waals surface area contributed by atoms with Crippen molar-refractivity contribution in [1.29, 1.82) is 0 Å². The van der Waals surface area contributed by atoms with Crippen LogP contribution < -0.4 is 9.46 Å². The number of sulfonamides is 1. The number of aromatic nitrogens is 4. The molecule has 1 N–H and O–H groups in total. The van der Waals surface area contributed by atoms with Crippen LogP contribution >= 0.6 is 0 Å². The molecule has 0 amide bonds. The van der Waals surface area contributed by atoms with E-state index in [9.17, 15) is 8.42 Å². The second kappa shape index (κ2) is 8.57. The van der Waals surface area contributed by atoms with Gasteiger partial charge in [0, 0.05) is 17.4 Å². The lowest BCUT2D eigenvalue weighted by Crippen LogP contribution is -2.14. The van der Waals surface area contributed by atoms with Crippen LogP contribution in [0, 0.1) is 13.8 Å². The molecule has 0 saturated carbocycles. The molecular formula is C22H21N5O3S. The summed E-state index contributed by atoms with van der Waals surface area (Å²) >= 11 is 0. The normalized spacial score (nSPS) is 11.3. The highest BCUT2D eigenvalue weighted by atomic mass is 32.2. The predicted molar refractivity (Wildman–Crippen MR) is 118 cm³/mol. The molecule has 0 atom stereocenters. The van der Waals surface area contributed by atoms with Gasteiger partial charge in [0.15, 0.2) is 5.82 Å². The highest BCUT2D eigenvalue weighted by Crippen LogP contribution is 2.22. The fourth-order valence-corrected chi connectivity index (χ4v) is 4.26. The minimum Gasteiger partial charge on any atom is -0.438 e. The Morgan fingerprint density at radius 2 is 1.68 bits per heavy atom. The number of rotatable bonds is 7. The minimum absolute atomic E-state index is 0.0940. The topological polar surface area (TPSA) is 99.0 Å². The largest absolute Gasteiger partial charge is 0.438 e. The summed E-state index contributed by atoms with van der Waals surface area (Å²) < 4.78 is 34.7. The third-order valence-corrected chi connectivity index (χ3v) is 5.66. The number of nitrogens with zero attached hydrogens (tertiary/aromatic N) is 4. The molecule has 0 spiro atoms. The molecule has 0 aliphatic rings. The molecule has 9 heteroatoms. The Labute approximate surface area is 180 Å². The molecule has 2 aromatic heterocycles. The lowest BCUT2D eigenvalue weighted by molar-refractivity contribution is 0.454. The highest BCUT2D eigenvalue weighted by molar-refractivity contribution is 7.91. The summed E-state index contributed by atoms with van der Waals surface area (Å²) in [7, 11) is -3.51. The van der Waals surface area contributed by atoms with Gasteiger partial charge in [0.25, 0.3) is 0 Å². The fourth-order valence-electron chi connectivity index (χ4n) is 3.06. The average Bonchev–Trinajstić information content (AvgIpc) is 3.08. The van der Waals surface area contributed by atoms with Crippen LogP contribution in [0.1, 0.15) is 17.0 Å². The van der Waals surface area contributed by atoms with E-state index in [1.165, 1.54) is 0 Å². The van der Waals surface area contributed by atoms with E-state index in [0.717, 1.165) is 17.0 Å². The van der Waals surface area contributed by atoms with Crippen LogP contribution in [0.2, 0.25) is 0 Å². The van der Waals surface area contributed by atoms with Crippen LogP contribution in [0.4, 0.5) is 5.69 Å². The van der Waals surface area contributed by atoms with Gasteiger partial charge in [-0.1, -0.05) is 30.3 Å². The van der Waals surface area contributed by atoms with Gasteiger partial charge in [0.1, 0.15) is 5.75 Å². The Bertz CT molecular complexity index is 1270. The van der Waals surface area contributed by atoms with E-state index >= 15 is 0 Å². The summed E-state index contributed by atoms with van der Waals surface area (Å²) in [6.07, 6.45) is 0. The van der Waals surface area contributed by atoms with E-state index < -0.39 is 10.0 Å². The summed E-state index contributed by atoms with van der Waals surface area (Å²) in [5.41, 5.74) is 3.04. The summed E-state index contributed by atoms with van der Waals surface area (Å²) in [5, 5.41) is 12.6. The van der Waals surface area contributed by atoms with Gasteiger partial charge >= 0.3 is 0 Å². The number of nitrogens with one attached hydrogen (secondary N) is 1. The van der Waals surface area contributed by atoms with Crippen LogP contribution in [-0.4, -0.2) is 28.4 Å². The Hall–Kier alpha value is -3.72. The van der Waals surface area contributed by atoms with Crippen molar-refractivity contribution < 1.29 is 13.2 Å². The second-order valence-electron chi connectivity index (χ2n) is 7.04. The summed E-state index contributed by atoms with van der Waals surface area (Å²) in [5.74, 6) is 1.34. The first-order chi connectivity index (χ1) is 14.9. The van der Waals surface area contributed by atoms with Gasteiger partial charge in [-0.05, 0) is 55.8 Å². The molecule has 4 rings (SSSR count). The maximum atomic E-state index is 12.4. The Balaban J connectivity index is 1.40. The van der Waals surface area contributed by atoms with Crippen LogP contribution in [-0.2, 0) is 15.8 Å². The monoisotopic (exact) mass is 435 g/mol. The van der Waals surface area contributed by atoms with E-state index in [4.69, 9.17) is 4.74 Å². The van der Waals surface area contributed by atoms with Crippen molar-refractivity contribution in [3.8, 4) is 17.4 Å². The molecule has 4 aromatic rings. The number of benzene rings is 2. The number of aryl methyl sites for hydroxylation is 2. The average molecular weight is 436 g/mol. The fraction of sp³-hybridized carbons (Fsp3) is 0.136. The third-order valence-electron chi connectivity index (χ3n) is 4.40. The molecule has 0 aliphatic heterocycles. The van der Waals surface area contributed by atoms with Gasteiger partial charge < -0.3 is 4.74 Å². The Kier molecular flexibility index (Phi) is 5.68. The predicted octanol–water partition coefficient (Wildman–Crippen LogP) is 4.01. The van der Waals surface area contributed by atoms with Gasteiger partial charge in [-0.3, -0.25) is 4.72 Å². The zero-order valence-electron chi connectivity index (χ0n) is 17.1. The van der Waals surface area contributed by atoms with E-state index in [2.05, 4.69) is 20.0 Å². The molecule has 0 fully saturated rings. The van der Waals surface area contributed by atoms with Gasteiger partial charge in [0.2, 0.25) is 15.9 Å². The first-order valence-corrected chi connectivity index (χ1v) is 11.2. The quantitative estimate of drug-likeness (QED) is 0.471. The molecule has 31 heavy (non-hydrogen) atoms. The first-order valence-electron chi connectivity index (χ1n) is 9.58. The van der Waals surface area contributed by atoms with E-state index in [0.29, 0.717) is 23.1 Å². The van der Waals surface area contributed by atoms with Crippen LogP contribution in [0.3, 0.4) is 0 Å².